The van der Waals surface area contributed by atoms with Gasteiger partial charge >= 0.3 is 12.4 Å². The van der Waals surface area contributed by atoms with Gasteiger partial charge in [-0.15, -0.1) is 22.7 Å². The monoisotopic (exact) mass is 1000 g/mol. The van der Waals surface area contributed by atoms with Gasteiger partial charge in [0.1, 0.15) is 21.6 Å². The molecule has 2 aromatic heterocycles. The smallest absolute Gasteiger partial charge is 0.270 e. The standard InChI is InChI=1S/C24H19F4NO2S2.C16H15NO2S2.C9H8F4/c1-15-7-10-18(11-8-15)33(30,31)29(23-16(2)19-5-3-4-6-22(19)32-23)14-17-9-12-21(25)20(13-17)24(26,27)28;1-11-7-9-13(10-8-11)21(18,19)17-16-12(2)14-5-3-4-6-15(14)20-16;1-2-6-3-4-8(10)7(5-6)9(11,12)13/h3-13H,14H2,1-2H3;3-10,17H,1-2H3;3-5H,2H2,1H3/i25-1;;10-1. The Bertz CT molecular complexity index is 3260. The van der Waals surface area contributed by atoms with Gasteiger partial charge in [0.2, 0.25) is 0 Å². The Balaban J connectivity index is 0.000000185. The number of nitrogens with zero attached hydrogens (tertiary/aromatic N) is 1. The summed E-state index contributed by atoms with van der Waals surface area (Å²) in [5.41, 5.74) is 1.45. The van der Waals surface area contributed by atoms with Crippen LogP contribution >= 0.6 is 22.7 Å². The van der Waals surface area contributed by atoms with Crippen molar-refractivity contribution in [3.05, 3.63) is 190 Å². The minimum Gasteiger partial charge on any atom is -0.270 e. The molecule has 8 aromatic rings. The lowest BCUT2D eigenvalue weighted by molar-refractivity contribution is -0.140. The maximum Gasteiger partial charge on any atom is 0.419 e. The van der Waals surface area contributed by atoms with Crippen molar-refractivity contribution in [1.82, 2.24) is 0 Å². The number of thiophene rings is 2. The maximum atomic E-state index is 13.8. The predicted molar refractivity (Wildman–Crippen MR) is 252 cm³/mol. The summed E-state index contributed by atoms with van der Waals surface area (Å²) < 4.78 is 161. The molecule has 6 aromatic carbocycles. The molecule has 0 aliphatic heterocycles. The van der Waals surface area contributed by atoms with Gasteiger partial charge in [-0.1, -0.05) is 90.8 Å². The fourth-order valence-electron chi connectivity index (χ4n) is 6.74. The van der Waals surface area contributed by atoms with E-state index in [4.69, 9.17) is 0 Å². The molecule has 0 aliphatic carbocycles. The zero-order valence-corrected chi connectivity index (χ0v) is 39.6. The molecule has 0 fully saturated rings. The highest BCUT2D eigenvalue weighted by atomic mass is 32.2. The molecule has 0 amide bonds. The first-order valence-electron chi connectivity index (χ1n) is 20.3. The number of benzene rings is 6. The topological polar surface area (TPSA) is 83.6 Å². The molecule has 0 saturated carbocycles. The van der Waals surface area contributed by atoms with Crippen LogP contribution in [-0.4, -0.2) is 16.8 Å². The average Bonchev–Trinajstić information content (AvgIpc) is 3.77. The first-order valence-corrected chi connectivity index (χ1v) is 24.8. The van der Waals surface area contributed by atoms with Gasteiger partial charge in [-0.3, -0.25) is 9.03 Å². The fraction of sp³-hybridized carbons (Fsp3) is 0.184. The number of hydrogen-bond donors (Lipinski definition) is 1. The van der Waals surface area contributed by atoms with Crippen LogP contribution in [0.1, 0.15) is 51.4 Å². The van der Waals surface area contributed by atoms with Crippen molar-refractivity contribution in [2.75, 3.05) is 9.03 Å². The summed E-state index contributed by atoms with van der Waals surface area (Å²) in [6.45, 7) is 8.80. The summed E-state index contributed by atoms with van der Waals surface area (Å²) >= 11 is 2.70. The van der Waals surface area contributed by atoms with E-state index >= 15 is 0 Å². The Morgan fingerprint density at radius 2 is 1.00 bits per heavy atom. The van der Waals surface area contributed by atoms with Crippen LogP contribution in [0.2, 0.25) is 0 Å². The van der Waals surface area contributed by atoms with Gasteiger partial charge in [0.15, 0.2) is 0 Å². The SMILES string of the molecule is CCc1ccc([18F])c(C(F)(F)F)c1.Cc1ccc(S(=O)(=O)N(Cc2ccc([18F])c(C(F)(F)F)c2)c2sc3ccccc3c2C)cc1.Cc1ccc(S(=O)(=O)Nc2sc3ccccc3c2C)cc1. The van der Waals surface area contributed by atoms with Crippen molar-refractivity contribution < 1.29 is 52.0 Å². The number of alkyl halides is 6. The van der Waals surface area contributed by atoms with Crippen LogP contribution in [0.4, 0.5) is 45.1 Å². The Kier molecular flexibility index (Phi) is 15.2. The molecule has 0 spiro atoms. The molecule has 0 atom stereocenters. The van der Waals surface area contributed by atoms with Crippen molar-refractivity contribution >= 4 is 72.9 Å². The number of halogens is 8. The van der Waals surface area contributed by atoms with Crippen LogP contribution in [0.5, 0.6) is 0 Å². The van der Waals surface area contributed by atoms with Gasteiger partial charge in [0, 0.05) is 9.40 Å². The molecule has 6 nitrogen and oxygen atoms in total. The summed E-state index contributed by atoms with van der Waals surface area (Å²) in [5.74, 6) is -2.62. The normalized spacial score (nSPS) is 12.0. The average molecular weight is 1000 g/mol. The van der Waals surface area contributed by atoms with E-state index in [0.717, 1.165) is 53.3 Å². The lowest BCUT2D eigenvalue weighted by atomic mass is 10.1. The second-order valence-electron chi connectivity index (χ2n) is 15.3. The maximum absolute atomic E-state index is 13.8. The van der Waals surface area contributed by atoms with Crippen LogP contribution in [0, 0.1) is 39.3 Å². The quantitative estimate of drug-likeness (QED) is 0.146. The molecule has 0 radical (unpaired) electrons. The molecular formula is C49H42F8N2O4S4. The van der Waals surface area contributed by atoms with Gasteiger partial charge in [-0.2, -0.15) is 26.3 Å². The van der Waals surface area contributed by atoms with E-state index in [0.29, 0.717) is 39.7 Å². The third-order valence-corrected chi connectivity index (χ3v) is 16.3. The number of anilines is 2. The van der Waals surface area contributed by atoms with Crippen molar-refractivity contribution in [2.45, 2.75) is 69.7 Å². The molecule has 8 rings (SSSR count). The lowest BCUT2D eigenvalue weighted by Gasteiger charge is -2.24. The van der Waals surface area contributed by atoms with Gasteiger partial charge in [0.25, 0.3) is 20.0 Å². The van der Waals surface area contributed by atoms with Gasteiger partial charge in [-0.05, 0) is 128 Å². The highest BCUT2D eigenvalue weighted by Crippen LogP contribution is 2.42. The zero-order chi connectivity index (χ0) is 49.1. The first-order chi connectivity index (χ1) is 31.4. The Labute approximate surface area is 391 Å². The number of fused-ring (bicyclic) bond motifs is 2. The highest BCUT2D eigenvalue weighted by molar-refractivity contribution is 7.93. The molecule has 1 N–H and O–H groups in total. The molecule has 18 heteroatoms. The van der Waals surface area contributed by atoms with Crippen LogP contribution in [0.15, 0.2) is 143 Å². The molecule has 67 heavy (non-hydrogen) atoms. The number of sulfonamides is 2. The number of aryl methyl sites for hydroxylation is 5. The van der Waals surface area contributed by atoms with Crippen molar-refractivity contribution in [3.63, 3.8) is 0 Å². The van der Waals surface area contributed by atoms with Crippen LogP contribution in [0.25, 0.3) is 20.2 Å². The lowest BCUT2D eigenvalue weighted by Crippen LogP contribution is -2.30. The molecular weight excluding hydrogens is 959 g/mol. The Morgan fingerprint density at radius 1 is 0.552 bits per heavy atom. The van der Waals surface area contributed by atoms with Gasteiger partial charge in [0.05, 0.1) is 27.5 Å². The summed E-state index contributed by atoms with van der Waals surface area (Å²) in [4.78, 5) is 0.299. The number of nitrogens with one attached hydrogen (secondary N) is 1. The van der Waals surface area contributed by atoms with E-state index in [1.807, 2.05) is 69.3 Å². The summed E-state index contributed by atoms with van der Waals surface area (Å²) in [6.07, 6.45) is -9.03. The summed E-state index contributed by atoms with van der Waals surface area (Å²) in [7, 11) is -7.67. The van der Waals surface area contributed by atoms with E-state index in [-0.39, 0.29) is 21.9 Å². The van der Waals surface area contributed by atoms with Crippen LogP contribution < -0.4 is 9.03 Å². The van der Waals surface area contributed by atoms with E-state index < -0.39 is 55.2 Å². The number of hydrogen-bond acceptors (Lipinski definition) is 6. The van der Waals surface area contributed by atoms with Crippen LogP contribution in [0.3, 0.4) is 0 Å². The van der Waals surface area contributed by atoms with E-state index in [2.05, 4.69) is 4.72 Å². The first kappa shape index (κ1) is 50.6. The third kappa shape index (κ3) is 11.8. The zero-order valence-electron chi connectivity index (χ0n) is 36.4. The summed E-state index contributed by atoms with van der Waals surface area (Å²) in [6, 6.07) is 34.0. The second-order valence-corrected chi connectivity index (χ2v) is 20.9. The van der Waals surface area contributed by atoms with Crippen molar-refractivity contribution in [2.24, 2.45) is 0 Å². The fourth-order valence-corrected chi connectivity index (χ4v) is 12.1. The Hall–Kier alpha value is -5.82. The van der Waals surface area contributed by atoms with E-state index in [1.165, 1.54) is 46.9 Å². The number of rotatable bonds is 9. The van der Waals surface area contributed by atoms with Crippen LogP contribution in [-0.2, 0) is 45.4 Å². The largest absolute Gasteiger partial charge is 0.419 e. The second kappa shape index (κ2) is 20.2. The molecule has 352 valence electrons. The molecule has 0 saturated heterocycles. The molecule has 0 unspecified atom stereocenters. The summed E-state index contributed by atoms with van der Waals surface area (Å²) in [5, 5.41) is 3.02. The third-order valence-electron chi connectivity index (χ3n) is 10.5. The highest BCUT2D eigenvalue weighted by Gasteiger charge is 2.36. The van der Waals surface area contributed by atoms with E-state index in [1.54, 1.807) is 50.2 Å². The molecule has 2 heterocycles. The Morgan fingerprint density at radius 3 is 1.48 bits per heavy atom. The molecule has 0 aliphatic rings. The molecule has 0 bridgehead atoms. The minimum atomic E-state index is -4.89. The van der Waals surface area contributed by atoms with Crippen molar-refractivity contribution in [3.8, 4) is 0 Å². The van der Waals surface area contributed by atoms with E-state index in [9.17, 15) is 52.0 Å². The predicted octanol–water partition coefficient (Wildman–Crippen LogP) is 14.8. The van der Waals surface area contributed by atoms with Gasteiger partial charge < -0.3 is 0 Å². The van der Waals surface area contributed by atoms with Crippen molar-refractivity contribution in [1.29, 1.82) is 0 Å². The van der Waals surface area contributed by atoms with Gasteiger partial charge in [-0.25, -0.2) is 25.6 Å². The minimum absolute atomic E-state index is 0.0168.